The molecule has 0 aromatic heterocycles. The van der Waals surface area contributed by atoms with Crippen molar-refractivity contribution in [2.45, 2.75) is 25.9 Å². The summed E-state index contributed by atoms with van der Waals surface area (Å²) in [7, 11) is 0. The lowest BCUT2D eigenvalue weighted by molar-refractivity contribution is -0.121. The van der Waals surface area contributed by atoms with Crippen molar-refractivity contribution in [1.82, 2.24) is 5.32 Å². The molecule has 6 nitrogen and oxygen atoms in total. The van der Waals surface area contributed by atoms with Crippen molar-refractivity contribution in [3.8, 4) is 0 Å². The monoisotopic (exact) mass is 371 g/mol. The van der Waals surface area contributed by atoms with Gasteiger partial charge < -0.3 is 10.6 Å². The molecule has 2 N–H and O–H groups in total. The highest BCUT2D eigenvalue weighted by atomic mass is 35.5. The normalized spacial score (nSPS) is 16.8. The molecule has 134 valence electrons. The number of hydrogen-bond donors (Lipinski definition) is 2. The van der Waals surface area contributed by atoms with Crippen molar-refractivity contribution in [3.05, 3.63) is 59.1 Å². The molecule has 0 saturated carbocycles. The van der Waals surface area contributed by atoms with Crippen LogP contribution in [0.1, 0.15) is 18.9 Å². The van der Waals surface area contributed by atoms with Gasteiger partial charge in [0.15, 0.2) is 0 Å². The Bertz CT molecular complexity index is 851. The molecule has 0 radical (unpaired) electrons. The Kier molecular flexibility index (Phi) is 5.35. The molecular formula is C19H18ClN3O3. The van der Waals surface area contributed by atoms with E-state index in [9.17, 15) is 14.4 Å². The molecule has 0 bridgehead atoms. The van der Waals surface area contributed by atoms with Gasteiger partial charge in [0, 0.05) is 24.2 Å². The van der Waals surface area contributed by atoms with Crippen LogP contribution in [-0.2, 0) is 20.9 Å². The number of nitrogens with one attached hydrogen (secondary N) is 2. The largest absolute Gasteiger partial charge is 0.326 e. The number of nitrogens with zero attached hydrogens (tertiary/aromatic N) is 1. The van der Waals surface area contributed by atoms with Crippen LogP contribution in [0.2, 0.25) is 5.02 Å². The highest BCUT2D eigenvalue weighted by Crippen LogP contribution is 2.25. The van der Waals surface area contributed by atoms with Crippen molar-refractivity contribution in [2.24, 2.45) is 0 Å². The summed E-state index contributed by atoms with van der Waals surface area (Å²) in [6.07, 6.45) is 0.104. The lowest BCUT2D eigenvalue weighted by Crippen LogP contribution is -2.38. The Hall–Kier alpha value is -2.70. The van der Waals surface area contributed by atoms with Gasteiger partial charge in [-0.1, -0.05) is 23.7 Å². The third-order valence-corrected chi connectivity index (χ3v) is 4.27. The summed E-state index contributed by atoms with van der Waals surface area (Å²) in [6.45, 7) is 1.86. The van der Waals surface area contributed by atoms with Crippen LogP contribution >= 0.6 is 11.6 Å². The zero-order valence-electron chi connectivity index (χ0n) is 14.2. The molecule has 1 saturated heterocycles. The van der Waals surface area contributed by atoms with Gasteiger partial charge in [0.05, 0.1) is 18.2 Å². The molecule has 2 aromatic carbocycles. The van der Waals surface area contributed by atoms with Gasteiger partial charge in [-0.3, -0.25) is 14.4 Å². The van der Waals surface area contributed by atoms with E-state index >= 15 is 0 Å². The predicted molar refractivity (Wildman–Crippen MR) is 99.9 cm³/mol. The molecule has 1 fully saturated rings. The summed E-state index contributed by atoms with van der Waals surface area (Å²) < 4.78 is 0. The summed E-state index contributed by atoms with van der Waals surface area (Å²) in [6, 6.07) is 13.4. The molecule has 0 unspecified atom stereocenters. The Morgan fingerprint density at radius 3 is 2.58 bits per heavy atom. The van der Waals surface area contributed by atoms with Crippen molar-refractivity contribution < 1.29 is 14.4 Å². The van der Waals surface area contributed by atoms with Crippen molar-refractivity contribution in [2.75, 3.05) is 10.2 Å². The quantitative estimate of drug-likeness (QED) is 0.792. The third kappa shape index (κ3) is 4.09. The van der Waals surface area contributed by atoms with Crippen molar-refractivity contribution >= 4 is 40.7 Å². The number of anilines is 2. The van der Waals surface area contributed by atoms with Gasteiger partial charge in [-0.15, -0.1) is 0 Å². The Balaban J connectivity index is 1.67. The minimum Gasteiger partial charge on any atom is -0.326 e. The van der Waals surface area contributed by atoms with Gasteiger partial charge in [-0.25, -0.2) is 4.90 Å². The fraction of sp³-hybridized carbons (Fsp3) is 0.211. The highest BCUT2D eigenvalue weighted by molar-refractivity contribution is 6.30. The van der Waals surface area contributed by atoms with Crippen LogP contribution in [0.15, 0.2) is 48.5 Å². The number of halogens is 1. The van der Waals surface area contributed by atoms with E-state index in [4.69, 9.17) is 11.6 Å². The second-order valence-electron chi connectivity index (χ2n) is 6.06. The lowest BCUT2D eigenvalue weighted by Gasteiger charge is -2.16. The average Bonchev–Trinajstić information content (AvgIpc) is 2.87. The smallest absolute Gasteiger partial charge is 0.251 e. The maximum Gasteiger partial charge on any atom is 0.251 e. The Morgan fingerprint density at radius 1 is 1.19 bits per heavy atom. The Labute approximate surface area is 156 Å². The summed E-state index contributed by atoms with van der Waals surface area (Å²) in [4.78, 5) is 37.2. The second-order valence-corrected chi connectivity index (χ2v) is 6.50. The van der Waals surface area contributed by atoms with Crippen molar-refractivity contribution in [3.63, 3.8) is 0 Å². The number of carbonyl (C=O) groups excluding carboxylic acids is 3. The first-order valence-corrected chi connectivity index (χ1v) is 8.54. The van der Waals surface area contributed by atoms with E-state index in [1.54, 1.807) is 30.3 Å². The number of amides is 3. The Morgan fingerprint density at radius 2 is 1.92 bits per heavy atom. The SMILES string of the molecule is CC(=O)Nc1ccc(N2C(=O)C[C@H](NCc3cccc(Cl)c3)C2=O)cc1. The molecule has 2 aromatic rings. The fourth-order valence-electron chi connectivity index (χ4n) is 2.85. The standard InChI is InChI=1S/C19H18ClN3O3/c1-12(24)22-15-5-7-16(8-6-15)23-18(25)10-17(19(23)26)21-11-13-3-2-4-14(20)9-13/h2-9,17,21H,10-11H2,1H3,(H,22,24)/t17-/m0/s1. The molecule has 0 spiro atoms. The van der Waals surface area contributed by atoms with Gasteiger partial charge >= 0.3 is 0 Å². The molecule has 1 atom stereocenters. The first kappa shape index (κ1) is 18.1. The van der Waals surface area contributed by atoms with Crippen LogP contribution < -0.4 is 15.5 Å². The van der Waals surface area contributed by atoms with Gasteiger partial charge in [-0.2, -0.15) is 0 Å². The van der Waals surface area contributed by atoms with Crippen LogP contribution in [0.25, 0.3) is 0 Å². The molecule has 1 aliphatic heterocycles. The molecule has 7 heteroatoms. The second kappa shape index (κ2) is 7.68. The predicted octanol–water partition coefficient (Wildman–Crippen LogP) is 2.72. The molecule has 3 amide bonds. The number of carbonyl (C=O) groups is 3. The minimum atomic E-state index is -0.573. The van der Waals surface area contributed by atoms with E-state index in [1.807, 2.05) is 18.2 Å². The van der Waals surface area contributed by atoms with E-state index < -0.39 is 6.04 Å². The van der Waals surface area contributed by atoms with E-state index in [0.717, 1.165) is 5.56 Å². The zero-order valence-corrected chi connectivity index (χ0v) is 14.9. The van der Waals surface area contributed by atoms with E-state index in [-0.39, 0.29) is 24.1 Å². The lowest BCUT2D eigenvalue weighted by atomic mass is 10.2. The third-order valence-electron chi connectivity index (χ3n) is 4.03. The summed E-state index contributed by atoms with van der Waals surface area (Å²) in [5, 5.41) is 6.39. The summed E-state index contributed by atoms with van der Waals surface area (Å²) in [5.74, 6) is -0.730. The maximum absolute atomic E-state index is 12.6. The van der Waals surface area contributed by atoms with Crippen LogP contribution in [0.3, 0.4) is 0 Å². The van der Waals surface area contributed by atoms with Crippen LogP contribution in [0.4, 0.5) is 11.4 Å². The number of imide groups is 1. The van der Waals surface area contributed by atoms with E-state index in [1.165, 1.54) is 11.8 Å². The van der Waals surface area contributed by atoms with Gasteiger partial charge in [0.25, 0.3) is 5.91 Å². The molecule has 1 heterocycles. The number of hydrogen-bond acceptors (Lipinski definition) is 4. The highest BCUT2D eigenvalue weighted by Gasteiger charge is 2.39. The molecule has 0 aliphatic carbocycles. The topological polar surface area (TPSA) is 78.5 Å². The van der Waals surface area contributed by atoms with Gasteiger partial charge in [0.1, 0.15) is 0 Å². The van der Waals surface area contributed by atoms with Crippen LogP contribution in [0, 0.1) is 0 Å². The average molecular weight is 372 g/mol. The molecule has 26 heavy (non-hydrogen) atoms. The fourth-order valence-corrected chi connectivity index (χ4v) is 3.06. The zero-order chi connectivity index (χ0) is 18.7. The molecular weight excluding hydrogens is 354 g/mol. The maximum atomic E-state index is 12.6. The number of rotatable bonds is 5. The van der Waals surface area contributed by atoms with E-state index in [2.05, 4.69) is 10.6 Å². The minimum absolute atomic E-state index is 0.104. The van der Waals surface area contributed by atoms with Gasteiger partial charge in [0.2, 0.25) is 11.8 Å². The number of benzene rings is 2. The summed E-state index contributed by atoms with van der Waals surface area (Å²) >= 11 is 5.96. The molecule has 3 rings (SSSR count). The van der Waals surface area contributed by atoms with Crippen molar-refractivity contribution in [1.29, 1.82) is 0 Å². The van der Waals surface area contributed by atoms with Gasteiger partial charge in [-0.05, 0) is 42.0 Å². The summed E-state index contributed by atoms with van der Waals surface area (Å²) in [5.41, 5.74) is 2.04. The molecule has 1 aliphatic rings. The van der Waals surface area contributed by atoms with Crippen LogP contribution in [-0.4, -0.2) is 23.8 Å². The van der Waals surface area contributed by atoms with Crippen LogP contribution in [0.5, 0.6) is 0 Å². The first-order chi connectivity index (χ1) is 12.4. The first-order valence-electron chi connectivity index (χ1n) is 8.16. The van der Waals surface area contributed by atoms with E-state index in [0.29, 0.717) is 22.9 Å².